The highest BCUT2D eigenvalue weighted by atomic mass is 16.5. The number of fused-ring (bicyclic) bond motifs is 1. The SMILES string of the molecule is COc1ccccc1CCNC(=O)c1cc2n(n1)CC(C)(C(=O)NC1CCCCCC1)N(C)C2=O. The minimum absolute atomic E-state index is 0.133. The first-order chi connectivity index (χ1) is 16.8. The molecule has 1 aromatic heterocycles. The van der Waals surface area contributed by atoms with Gasteiger partial charge in [-0.1, -0.05) is 43.9 Å². The van der Waals surface area contributed by atoms with E-state index in [0.717, 1.165) is 37.0 Å². The fourth-order valence-corrected chi connectivity index (χ4v) is 4.91. The number of aromatic nitrogens is 2. The Balaban J connectivity index is 1.42. The summed E-state index contributed by atoms with van der Waals surface area (Å²) >= 11 is 0. The zero-order valence-corrected chi connectivity index (χ0v) is 20.8. The molecule has 1 unspecified atom stereocenters. The van der Waals surface area contributed by atoms with Gasteiger partial charge in [0.2, 0.25) is 5.91 Å². The fraction of sp³-hybridized carbons (Fsp3) is 0.538. The quantitative estimate of drug-likeness (QED) is 0.592. The molecule has 0 radical (unpaired) electrons. The molecule has 2 aromatic rings. The second-order valence-corrected chi connectivity index (χ2v) is 9.69. The van der Waals surface area contributed by atoms with Crippen LogP contribution in [0.15, 0.2) is 30.3 Å². The summed E-state index contributed by atoms with van der Waals surface area (Å²) in [5.74, 6) is -0.0874. The number of rotatable bonds is 7. The van der Waals surface area contributed by atoms with Crippen molar-refractivity contribution in [2.24, 2.45) is 0 Å². The Morgan fingerprint density at radius 1 is 1.17 bits per heavy atom. The molecule has 2 heterocycles. The zero-order valence-electron chi connectivity index (χ0n) is 20.8. The van der Waals surface area contributed by atoms with Crippen molar-refractivity contribution < 1.29 is 19.1 Å². The van der Waals surface area contributed by atoms with Crippen LogP contribution in [0.1, 0.15) is 72.0 Å². The molecule has 9 heteroatoms. The van der Waals surface area contributed by atoms with E-state index >= 15 is 0 Å². The van der Waals surface area contributed by atoms with E-state index in [0.29, 0.717) is 18.7 Å². The van der Waals surface area contributed by atoms with Crippen LogP contribution >= 0.6 is 0 Å². The molecule has 1 fully saturated rings. The van der Waals surface area contributed by atoms with Crippen LogP contribution < -0.4 is 15.4 Å². The van der Waals surface area contributed by atoms with Gasteiger partial charge in [0, 0.05) is 25.7 Å². The Morgan fingerprint density at radius 3 is 2.60 bits per heavy atom. The number of likely N-dealkylation sites (N-methyl/N-ethyl adjacent to an activating group) is 1. The molecule has 1 aliphatic heterocycles. The predicted molar refractivity (Wildman–Crippen MR) is 131 cm³/mol. The van der Waals surface area contributed by atoms with E-state index in [9.17, 15) is 14.4 Å². The van der Waals surface area contributed by atoms with Crippen molar-refractivity contribution in [1.29, 1.82) is 0 Å². The first-order valence-electron chi connectivity index (χ1n) is 12.4. The molecule has 35 heavy (non-hydrogen) atoms. The summed E-state index contributed by atoms with van der Waals surface area (Å²) in [4.78, 5) is 40.7. The summed E-state index contributed by atoms with van der Waals surface area (Å²) in [6.07, 6.45) is 7.14. The molecule has 4 rings (SSSR count). The first-order valence-corrected chi connectivity index (χ1v) is 12.4. The number of carbonyl (C=O) groups is 3. The molecule has 0 bridgehead atoms. The molecule has 1 aliphatic carbocycles. The van der Waals surface area contributed by atoms with Crippen LogP contribution in [0.4, 0.5) is 0 Å². The van der Waals surface area contributed by atoms with Gasteiger partial charge in [-0.15, -0.1) is 0 Å². The maximum absolute atomic E-state index is 13.3. The lowest BCUT2D eigenvalue weighted by Gasteiger charge is -2.41. The molecule has 1 saturated carbocycles. The number of para-hydroxylation sites is 1. The Bertz CT molecular complexity index is 1090. The standard InChI is InChI=1S/C26H35N5O4/c1-26(25(34)28-19-11-6-4-5-7-12-19)17-31-21(24(33)30(26)2)16-20(29-31)23(32)27-15-14-18-10-8-9-13-22(18)35-3/h8-10,13,16,19H,4-7,11-12,14-15,17H2,1-3H3,(H,27,32)(H,28,34). The molecular weight excluding hydrogens is 446 g/mol. The van der Waals surface area contributed by atoms with Crippen molar-refractivity contribution >= 4 is 17.7 Å². The van der Waals surface area contributed by atoms with Gasteiger partial charge in [0.15, 0.2) is 5.69 Å². The van der Waals surface area contributed by atoms with Crippen molar-refractivity contribution in [1.82, 2.24) is 25.3 Å². The van der Waals surface area contributed by atoms with Gasteiger partial charge in [0.25, 0.3) is 11.8 Å². The Morgan fingerprint density at radius 2 is 1.89 bits per heavy atom. The highest BCUT2D eigenvalue weighted by Gasteiger charge is 2.46. The number of carbonyl (C=O) groups excluding carboxylic acids is 3. The van der Waals surface area contributed by atoms with Crippen LogP contribution in [-0.4, -0.2) is 64.7 Å². The topological polar surface area (TPSA) is 106 Å². The summed E-state index contributed by atoms with van der Waals surface area (Å²) in [5, 5.41) is 10.4. The average molecular weight is 482 g/mol. The number of methoxy groups -OCH3 is 1. The third kappa shape index (κ3) is 5.18. The van der Waals surface area contributed by atoms with Gasteiger partial charge in [-0.2, -0.15) is 5.10 Å². The van der Waals surface area contributed by atoms with Gasteiger partial charge in [-0.3, -0.25) is 19.1 Å². The third-order valence-electron chi connectivity index (χ3n) is 7.29. The summed E-state index contributed by atoms with van der Waals surface area (Å²) in [6, 6.07) is 9.29. The van der Waals surface area contributed by atoms with Gasteiger partial charge in [0.05, 0.1) is 13.7 Å². The average Bonchev–Trinajstić information content (AvgIpc) is 3.11. The molecule has 188 valence electrons. The van der Waals surface area contributed by atoms with Crippen LogP contribution in [0, 0.1) is 0 Å². The molecule has 9 nitrogen and oxygen atoms in total. The number of amides is 3. The number of hydrogen-bond donors (Lipinski definition) is 2. The van der Waals surface area contributed by atoms with E-state index in [4.69, 9.17) is 4.74 Å². The fourth-order valence-electron chi connectivity index (χ4n) is 4.91. The van der Waals surface area contributed by atoms with Gasteiger partial charge >= 0.3 is 0 Å². The summed E-state index contributed by atoms with van der Waals surface area (Å²) in [6.45, 7) is 2.35. The second-order valence-electron chi connectivity index (χ2n) is 9.69. The Kier molecular flexibility index (Phi) is 7.42. The highest BCUT2D eigenvalue weighted by molar-refractivity contribution is 6.01. The van der Waals surface area contributed by atoms with E-state index in [2.05, 4.69) is 15.7 Å². The predicted octanol–water partition coefficient (Wildman–Crippen LogP) is 2.55. The van der Waals surface area contributed by atoms with Crippen LogP contribution in [0.2, 0.25) is 0 Å². The van der Waals surface area contributed by atoms with E-state index < -0.39 is 5.54 Å². The molecule has 1 aromatic carbocycles. The lowest BCUT2D eigenvalue weighted by Crippen LogP contribution is -2.63. The molecule has 2 N–H and O–H groups in total. The van der Waals surface area contributed by atoms with Crippen molar-refractivity contribution in [3.63, 3.8) is 0 Å². The number of hydrogen-bond acceptors (Lipinski definition) is 5. The van der Waals surface area contributed by atoms with Crippen molar-refractivity contribution in [3.05, 3.63) is 47.3 Å². The van der Waals surface area contributed by atoms with Gasteiger partial charge in [-0.25, -0.2) is 0 Å². The second kappa shape index (κ2) is 10.5. The molecule has 1 atom stereocenters. The minimum Gasteiger partial charge on any atom is -0.496 e. The normalized spacial score (nSPS) is 20.7. The molecular formula is C26H35N5O4. The summed E-state index contributed by atoms with van der Waals surface area (Å²) in [5.41, 5.74) is 0.379. The highest BCUT2D eigenvalue weighted by Crippen LogP contribution is 2.27. The van der Waals surface area contributed by atoms with Crippen molar-refractivity contribution in [2.45, 2.75) is 70.0 Å². The summed E-state index contributed by atoms with van der Waals surface area (Å²) < 4.78 is 6.84. The lowest BCUT2D eigenvalue weighted by atomic mass is 9.95. The van der Waals surface area contributed by atoms with Gasteiger partial charge < -0.3 is 20.3 Å². The summed E-state index contributed by atoms with van der Waals surface area (Å²) in [7, 11) is 3.25. The maximum atomic E-state index is 13.3. The molecule has 3 amide bonds. The largest absolute Gasteiger partial charge is 0.496 e. The zero-order chi connectivity index (χ0) is 25.0. The number of nitrogens with zero attached hydrogens (tertiary/aromatic N) is 3. The monoisotopic (exact) mass is 481 g/mol. The van der Waals surface area contributed by atoms with Crippen LogP contribution in [0.3, 0.4) is 0 Å². The minimum atomic E-state index is -1.08. The van der Waals surface area contributed by atoms with Crippen LogP contribution in [0.5, 0.6) is 5.75 Å². The van der Waals surface area contributed by atoms with E-state index in [1.165, 1.54) is 28.5 Å². The van der Waals surface area contributed by atoms with Gasteiger partial charge in [-0.05, 0) is 37.8 Å². The van der Waals surface area contributed by atoms with Crippen LogP contribution in [0.25, 0.3) is 0 Å². The van der Waals surface area contributed by atoms with Crippen molar-refractivity contribution in [2.75, 3.05) is 20.7 Å². The van der Waals surface area contributed by atoms with Gasteiger partial charge in [0.1, 0.15) is 17.0 Å². The lowest BCUT2D eigenvalue weighted by molar-refractivity contribution is -0.133. The van der Waals surface area contributed by atoms with Crippen LogP contribution in [-0.2, 0) is 17.8 Å². The molecule has 2 aliphatic rings. The maximum Gasteiger partial charge on any atom is 0.272 e. The smallest absolute Gasteiger partial charge is 0.272 e. The van der Waals surface area contributed by atoms with E-state index in [-0.39, 0.29) is 36.0 Å². The number of benzene rings is 1. The number of ether oxygens (including phenoxy) is 1. The third-order valence-corrected chi connectivity index (χ3v) is 7.29. The first kappa shape index (κ1) is 24.8. The Labute approximate surface area is 206 Å². The molecule has 0 spiro atoms. The van der Waals surface area contributed by atoms with E-state index in [1.807, 2.05) is 24.3 Å². The molecule has 0 saturated heterocycles. The van der Waals surface area contributed by atoms with Crippen molar-refractivity contribution in [3.8, 4) is 5.75 Å². The van der Waals surface area contributed by atoms with E-state index in [1.54, 1.807) is 21.1 Å². The Hall–Kier alpha value is -3.36. The number of nitrogens with one attached hydrogen (secondary N) is 2.